The third-order valence-electron chi connectivity index (χ3n) is 3.87. The van der Waals surface area contributed by atoms with Crippen molar-refractivity contribution in [3.8, 4) is 0 Å². The van der Waals surface area contributed by atoms with Crippen LogP contribution in [0.5, 0.6) is 0 Å². The summed E-state index contributed by atoms with van der Waals surface area (Å²) < 4.78 is 0. The van der Waals surface area contributed by atoms with Gasteiger partial charge < -0.3 is 5.32 Å². The fourth-order valence-corrected chi connectivity index (χ4v) is 2.76. The lowest BCUT2D eigenvalue weighted by Crippen LogP contribution is -2.25. The highest BCUT2D eigenvalue weighted by atomic mass is 14.9. The van der Waals surface area contributed by atoms with E-state index in [4.69, 9.17) is 0 Å². The van der Waals surface area contributed by atoms with Gasteiger partial charge in [-0.3, -0.25) is 4.98 Å². The van der Waals surface area contributed by atoms with Gasteiger partial charge in [0.15, 0.2) is 0 Å². The van der Waals surface area contributed by atoms with Gasteiger partial charge >= 0.3 is 0 Å². The Morgan fingerprint density at radius 2 is 2.05 bits per heavy atom. The molecule has 0 aliphatic heterocycles. The number of aromatic nitrogens is 1. The van der Waals surface area contributed by atoms with Gasteiger partial charge in [-0.25, -0.2) is 0 Å². The molecule has 2 aromatic rings. The van der Waals surface area contributed by atoms with Crippen LogP contribution in [0, 0.1) is 6.92 Å². The number of hydrogen-bond donors (Lipinski definition) is 1. The van der Waals surface area contributed by atoms with Crippen molar-refractivity contribution >= 4 is 0 Å². The molecule has 0 radical (unpaired) electrons. The SMILES string of the molecule is Cc1ccc(CNC2CCCc3cccnc32)cc1. The quantitative estimate of drug-likeness (QED) is 0.903. The van der Waals surface area contributed by atoms with Crippen molar-refractivity contribution in [1.29, 1.82) is 0 Å². The number of rotatable bonds is 3. The highest BCUT2D eigenvalue weighted by molar-refractivity contribution is 5.26. The summed E-state index contributed by atoms with van der Waals surface area (Å²) in [6.45, 7) is 3.04. The van der Waals surface area contributed by atoms with E-state index in [1.165, 1.54) is 41.6 Å². The van der Waals surface area contributed by atoms with Crippen molar-refractivity contribution in [3.63, 3.8) is 0 Å². The van der Waals surface area contributed by atoms with E-state index < -0.39 is 0 Å². The van der Waals surface area contributed by atoms with Gasteiger partial charge in [-0.1, -0.05) is 35.9 Å². The van der Waals surface area contributed by atoms with Crippen LogP contribution in [0.25, 0.3) is 0 Å². The van der Waals surface area contributed by atoms with E-state index in [0.29, 0.717) is 6.04 Å². The molecule has 1 heterocycles. The second kappa shape index (κ2) is 5.54. The minimum atomic E-state index is 0.409. The molecule has 1 N–H and O–H groups in total. The molecule has 1 unspecified atom stereocenters. The van der Waals surface area contributed by atoms with E-state index in [-0.39, 0.29) is 0 Å². The smallest absolute Gasteiger partial charge is 0.0605 e. The molecule has 0 bridgehead atoms. The Balaban J connectivity index is 1.69. The summed E-state index contributed by atoms with van der Waals surface area (Å²) in [5.41, 5.74) is 5.32. The Morgan fingerprint density at radius 1 is 1.21 bits per heavy atom. The minimum Gasteiger partial charge on any atom is -0.305 e. The maximum Gasteiger partial charge on any atom is 0.0605 e. The third-order valence-corrected chi connectivity index (χ3v) is 3.87. The number of pyridine rings is 1. The predicted molar refractivity (Wildman–Crippen MR) is 77.9 cm³/mol. The number of nitrogens with one attached hydrogen (secondary N) is 1. The van der Waals surface area contributed by atoms with Crippen LogP contribution in [0.1, 0.15) is 41.3 Å². The molecule has 2 heteroatoms. The topological polar surface area (TPSA) is 24.9 Å². The lowest BCUT2D eigenvalue weighted by molar-refractivity contribution is 0.447. The molecule has 1 aromatic carbocycles. The molecule has 3 rings (SSSR count). The fourth-order valence-electron chi connectivity index (χ4n) is 2.76. The van der Waals surface area contributed by atoms with Crippen molar-refractivity contribution in [1.82, 2.24) is 10.3 Å². The van der Waals surface area contributed by atoms with E-state index in [1.54, 1.807) is 0 Å². The lowest BCUT2D eigenvalue weighted by atomic mass is 9.92. The third kappa shape index (κ3) is 2.85. The number of aryl methyl sites for hydroxylation is 2. The van der Waals surface area contributed by atoms with Crippen molar-refractivity contribution < 1.29 is 0 Å². The summed E-state index contributed by atoms with van der Waals surface area (Å²) in [4.78, 5) is 4.56. The molecule has 1 aliphatic rings. The minimum absolute atomic E-state index is 0.409. The van der Waals surface area contributed by atoms with E-state index in [2.05, 4.69) is 47.6 Å². The van der Waals surface area contributed by atoms with Crippen LogP contribution < -0.4 is 5.32 Å². The van der Waals surface area contributed by atoms with Crippen LogP contribution in [-0.2, 0) is 13.0 Å². The van der Waals surface area contributed by atoms with E-state index in [1.807, 2.05) is 12.3 Å². The number of nitrogens with zero attached hydrogens (tertiary/aromatic N) is 1. The van der Waals surface area contributed by atoms with Crippen LogP contribution in [0.3, 0.4) is 0 Å². The molecule has 1 aliphatic carbocycles. The summed E-state index contributed by atoms with van der Waals surface area (Å²) in [5, 5.41) is 3.65. The number of benzene rings is 1. The van der Waals surface area contributed by atoms with Crippen molar-refractivity contribution in [2.24, 2.45) is 0 Å². The van der Waals surface area contributed by atoms with Crippen molar-refractivity contribution in [2.45, 2.75) is 38.8 Å². The molecule has 0 spiro atoms. The molecule has 1 aromatic heterocycles. The monoisotopic (exact) mass is 252 g/mol. The van der Waals surface area contributed by atoms with Gasteiger partial charge in [0.25, 0.3) is 0 Å². The maximum atomic E-state index is 4.56. The van der Waals surface area contributed by atoms with Crippen molar-refractivity contribution in [3.05, 3.63) is 65.0 Å². The van der Waals surface area contributed by atoms with Crippen LogP contribution in [0.15, 0.2) is 42.6 Å². The molecule has 0 saturated carbocycles. The zero-order chi connectivity index (χ0) is 13.1. The first-order valence-electron chi connectivity index (χ1n) is 7.05. The Bertz CT molecular complexity index is 545. The van der Waals surface area contributed by atoms with Crippen LogP contribution >= 0.6 is 0 Å². The van der Waals surface area contributed by atoms with Crippen LogP contribution in [0.2, 0.25) is 0 Å². The Hall–Kier alpha value is -1.67. The zero-order valence-electron chi connectivity index (χ0n) is 11.4. The van der Waals surface area contributed by atoms with Gasteiger partial charge in [0.1, 0.15) is 0 Å². The van der Waals surface area contributed by atoms with Gasteiger partial charge in [0.2, 0.25) is 0 Å². The molecule has 0 fully saturated rings. The van der Waals surface area contributed by atoms with Gasteiger partial charge in [-0.05, 0) is 43.4 Å². The molecule has 0 amide bonds. The summed E-state index contributed by atoms with van der Waals surface area (Å²) in [5.74, 6) is 0. The maximum absolute atomic E-state index is 4.56. The molecule has 19 heavy (non-hydrogen) atoms. The summed E-state index contributed by atoms with van der Waals surface area (Å²) in [6.07, 6.45) is 5.52. The zero-order valence-corrected chi connectivity index (χ0v) is 11.4. The van der Waals surface area contributed by atoms with Crippen molar-refractivity contribution in [2.75, 3.05) is 0 Å². The predicted octanol–water partition coefficient (Wildman–Crippen LogP) is 3.56. The van der Waals surface area contributed by atoms with Crippen LogP contribution in [0.4, 0.5) is 0 Å². The average molecular weight is 252 g/mol. The van der Waals surface area contributed by atoms with Gasteiger partial charge in [0.05, 0.1) is 11.7 Å². The summed E-state index contributed by atoms with van der Waals surface area (Å²) >= 11 is 0. The summed E-state index contributed by atoms with van der Waals surface area (Å²) in [6, 6.07) is 13.4. The molecule has 2 nitrogen and oxygen atoms in total. The largest absolute Gasteiger partial charge is 0.305 e. The second-order valence-corrected chi connectivity index (χ2v) is 5.36. The first-order chi connectivity index (χ1) is 9.33. The standard InChI is InChI=1S/C17H20N2/c1-13-7-9-14(10-8-13)12-19-16-6-2-4-15-5-3-11-18-17(15)16/h3,5,7-11,16,19H,2,4,6,12H2,1H3. The molecule has 98 valence electrons. The summed E-state index contributed by atoms with van der Waals surface area (Å²) in [7, 11) is 0. The highest BCUT2D eigenvalue weighted by Crippen LogP contribution is 2.27. The molecule has 0 saturated heterocycles. The first-order valence-corrected chi connectivity index (χ1v) is 7.05. The Labute approximate surface area is 114 Å². The second-order valence-electron chi connectivity index (χ2n) is 5.36. The molecular formula is C17H20N2. The number of fused-ring (bicyclic) bond motifs is 1. The number of hydrogen-bond acceptors (Lipinski definition) is 2. The van der Waals surface area contributed by atoms with Gasteiger partial charge in [-0.2, -0.15) is 0 Å². The fraction of sp³-hybridized carbons (Fsp3) is 0.353. The van der Waals surface area contributed by atoms with Gasteiger partial charge in [0, 0.05) is 12.7 Å². The Morgan fingerprint density at radius 3 is 2.89 bits per heavy atom. The van der Waals surface area contributed by atoms with E-state index >= 15 is 0 Å². The van der Waals surface area contributed by atoms with Gasteiger partial charge in [-0.15, -0.1) is 0 Å². The van der Waals surface area contributed by atoms with E-state index in [0.717, 1.165) is 6.54 Å². The Kier molecular flexibility index (Phi) is 3.60. The normalized spacial score (nSPS) is 18.1. The molecule has 1 atom stereocenters. The lowest BCUT2D eigenvalue weighted by Gasteiger charge is -2.25. The van der Waals surface area contributed by atoms with Crippen LogP contribution in [-0.4, -0.2) is 4.98 Å². The van der Waals surface area contributed by atoms with E-state index in [9.17, 15) is 0 Å². The first kappa shape index (κ1) is 12.4. The molecular weight excluding hydrogens is 232 g/mol. The highest BCUT2D eigenvalue weighted by Gasteiger charge is 2.20. The average Bonchev–Trinajstić information content (AvgIpc) is 2.47.